The van der Waals surface area contributed by atoms with E-state index in [1.807, 2.05) is 24.3 Å². The highest BCUT2D eigenvalue weighted by Crippen LogP contribution is 2.34. The summed E-state index contributed by atoms with van der Waals surface area (Å²) < 4.78 is 5.84. The molecule has 2 aliphatic carbocycles. The number of hydrogen-bond acceptors (Lipinski definition) is 3. The van der Waals surface area contributed by atoms with Gasteiger partial charge in [0, 0.05) is 25.0 Å². The molecule has 94 valence electrons. The van der Waals surface area contributed by atoms with Crippen molar-refractivity contribution in [2.24, 2.45) is 10.9 Å². The van der Waals surface area contributed by atoms with E-state index < -0.39 is 0 Å². The molecule has 1 aliphatic heterocycles. The van der Waals surface area contributed by atoms with Gasteiger partial charge in [0.15, 0.2) is 5.90 Å². The molecule has 0 aromatic heterocycles. The van der Waals surface area contributed by atoms with Gasteiger partial charge in [-0.15, -0.1) is 0 Å². The van der Waals surface area contributed by atoms with Crippen LogP contribution in [0, 0.1) is 5.92 Å². The summed E-state index contributed by atoms with van der Waals surface area (Å²) in [5.74, 6) is 1.31. The van der Waals surface area contributed by atoms with Crippen LogP contribution in [0.1, 0.15) is 26.2 Å². The summed E-state index contributed by atoms with van der Waals surface area (Å²) in [6.07, 6.45) is 11.1. The fraction of sp³-hybridized carbons (Fsp3) is 0.429. The third-order valence-corrected chi connectivity index (χ3v) is 3.08. The molecule has 4 heteroatoms. The Balaban J connectivity index is 1.87. The molecule has 18 heavy (non-hydrogen) atoms. The number of amides is 1. The maximum atomic E-state index is 11.1. The summed E-state index contributed by atoms with van der Waals surface area (Å²) >= 11 is 0. The summed E-state index contributed by atoms with van der Waals surface area (Å²) in [6, 6.07) is 0. The smallest absolute Gasteiger partial charge is 0.221 e. The zero-order valence-electron chi connectivity index (χ0n) is 10.3. The van der Waals surface area contributed by atoms with Gasteiger partial charge >= 0.3 is 0 Å². The van der Waals surface area contributed by atoms with Crippen LogP contribution in [0.15, 0.2) is 40.7 Å². The van der Waals surface area contributed by atoms with Crippen LogP contribution in [-0.2, 0) is 9.53 Å². The third kappa shape index (κ3) is 2.53. The number of carbonyl (C=O) groups is 1. The first-order chi connectivity index (χ1) is 8.70. The van der Waals surface area contributed by atoms with Gasteiger partial charge in [-0.2, -0.15) is 0 Å². The van der Waals surface area contributed by atoms with Gasteiger partial charge in [-0.05, 0) is 31.1 Å². The van der Waals surface area contributed by atoms with E-state index in [4.69, 9.17) is 4.74 Å². The summed E-state index contributed by atoms with van der Waals surface area (Å²) in [6.45, 7) is 1.51. The Morgan fingerprint density at radius 2 is 2.33 bits per heavy atom. The lowest BCUT2D eigenvalue weighted by molar-refractivity contribution is -0.118. The molecule has 0 radical (unpaired) electrons. The number of carbonyl (C=O) groups excluding carboxylic acids is 1. The zero-order valence-corrected chi connectivity index (χ0v) is 10.3. The van der Waals surface area contributed by atoms with E-state index in [0.717, 1.165) is 23.7 Å². The molecule has 0 saturated heterocycles. The molecule has 1 saturated carbocycles. The largest absolute Gasteiger partial charge is 0.473 e. The van der Waals surface area contributed by atoms with E-state index in [9.17, 15) is 4.79 Å². The quantitative estimate of drug-likeness (QED) is 0.808. The van der Waals surface area contributed by atoms with Crippen molar-refractivity contribution in [2.45, 2.75) is 32.3 Å². The molecule has 3 rings (SSSR count). The minimum atomic E-state index is -0.0675. The molecule has 3 aliphatic rings. The molecule has 1 unspecified atom stereocenters. The van der Waals surface area contributed by atoms with Gasteiger partial charge in [0.05, 0.1) is 5.70 Å². The molecular weight excluding hydrogens is 228 g/mol. The van der Waals surface area contributed by atoms with Crippen molar-refractivity contribution in [1.29, 1.82) is 0 Å². The number of hydrogen-bond donors (Lipinski definition) is 1. The molecular formula is C14H16N2O2. The minimum Gasteiger partial charge on any atom is -0.473 e. The number of fused-ring (bicyclic) bond motifs is 1. The summed E-state index contributed by atoms with van der Waals surface area (Å²) in [5, 5.41) is 2.80. The lowest BCUT2D eigenvalue weighted by Gasteiger charge is -2.22. The molecule has 1 atom stereocenters. The van der Waals surface area contributed by atoms with Crippen molar-refractivity contribution >= 4 is 11.8 Å². The van der Waals surface area contributed by atoms with Crippen LogP contribution < -0.4 is 5.32 Å². The van der Waals surface area contributed by atoms with Crippen molar-refractivity contribution in [2.75, 3.05) is 0 Å². The Labute approximate surface area is 106 Å². The molecule has 1 fully saturated rings. The first-order valence-electron chi connectivity index (χ1n) is 6.33. The van der Waals surface area contributed by atoms with E-state index in [0.29, 0.717) is 5.92 Å². The second-order valence-electron chi connectivity index (χ2n) is 4.89. The van der Waals surface area contributed by atoms with Crippen LogP contribution >= 0.6 is 0 Å². The van der Waals surface area contributed by atoms with Crippen LogP contribution in [0.25, 0.3) is 0 Å². The average molecular weight is 244 g/mol. The normalized spacial score (nSPS) is 28.9. The van der Waals surface area contributed by atoms with Crippen LogP contribution in [0.4, 0.5) is 0 Å². The zero-order chi connectivity index (χ0) is 12.5. The summed E-state index contributed by atoms with van der Waals surface area (Å²) in [5.41, 5.74) is 1.68. The summed E-state index contributed by atoms with van der Waals surface area (Å²) in [7, 11) is 0. The van der Waals surface area contributed by atoms with Gasteiger partial charge in [0.2, 0.25) is 5.91 Å². The highest BCUT2D eigenvalue weighted by atomic mass is 16.5. The number of rotatable bonds is 2. The van der Waals surface area contributed by atoms with Crippen molar-refractivity contribution < 1.29 is 9.53 Å². The van der Waals surface area contributed by atoms with E-state index in [1.165, 1.54) is 19.8 Å². The molecule has 1 N–H and O–H groups in total. The fourth-order valence-electron chi connectivity index (χ4n) is 2.10. The second kappa shape index (κ2) is 4.44. The topological polar surface area (TPSA) is 50.7 Å². The maximum Gasteiger partial charge on any atom is 0.221 e. The van der Waals surface area contributed by atoms with Crippen molar-refractivity contribution in [3.63, 3.8) is 0 Å². The predicted octanol–water partition coefficient (Wildman–Crippen LogP) is 2.06. The van der Waals surface area contributed by atoms with Gasteiger partial charge in [-0.3, -0.25) is 4.79 Å². The molecule has 0 aromatic carbocycles. The number of allylic oxidation sites excluding steroid dienone is 2. The Hall–Kier alpha value is -1.84. The van der Waals surface area contributed by atoms with Crippen molar-refractivity contribution in [1.82, 2.24) is 5.32 Å². The monoisotopic (exact) mass is 244 g/mol. The molecule has 1 heterocycles. The molecule has 0 spiro atoms. The Morgan fingerprint density at radius 1 is 1.50 bits per heavy atom. The van der Waals surface area contributed by atoms with E-state index in [-0.39, 0.29) is 12.0 Å². The van der Waals surface area contributed by atoms with Gasteiger partial charge in [0.25, 0.3) is 0 Å². The first kappa shape index (κ1) is 11.3. The molecule has 1 amide bonds. The van der Waals surface area contributed by atoms with Gasteiger partial charge < -0.3 is 10.1 Å². The van der Waals surface area contributed by atoms with E-state index in [2.05, 4.69) is 10.3 Å². The van der Waals surface area contributed by atoms with Crippen molar-refractivity contribution in [3.8, 4) is 0 Å². The predicted molar refractivity (Wildman–Crippen MR) is 68.8 cm³/mol. The number of aliphatic imine (C=N–C) groups is 1. The standard InChI is InChI=1S/C14H16N2O2/c1-9(17)15-11-3-2-4-13-8-12(7-11)16-14(18-13)10-5-6-10/h2-3,7-8,10,13H,4-6H2,1H3,(H,15,17)/b3-2?,11-7+. The third-order valence-electron chi connectivity index (χ3n) is 3.08. The van der Waals surface area contributed by atoms with Crippen LogP contribution in [0.3, 0.4) is 0 Å². The summed E-state index contributed by atoms with van der Waals surface area (Å²) in [4.78, 5) is 15.6. The Bertz CT molecular complexity index is 496. The average Bonchev–Trinajstić information content (AvgIpc) is 3.09. The van der Waals surface area contributed by atoms with Crippen LogP contribution in [-0.4, -0.2) is 17.9 Å². The lowest BCUT2D eigenvalue weighted by Crippen LogP contribution is -2.23. The Kier molecular flexibility index (Phi) is 2.78. The molecule has 2 bridgehead atoms. The maximum absolute atomic E-state index is 11.1. The van der Waals surface area contributed by atoms with E-state index in [1.54, 1.807) is 0 Å². The molecule has 0 aromatic rings. The van der Waals surface area contributed by atoms with Gasteiger partial charge in [0.1, 0.15) is 6.10 Å². The number of ether oxygens (including phenoxy) is 1. The molecule has 4 nitrogen and oxygen atoms in total. The van der Waals surface area contributed by atoms with E-state index >= 15 is 0 Å². The van der Waals surface area contributed by atoms with Gasteiger partial charge in [-0.25, -0.2) is 4.99 Å². The lowest BCUT2D eigenvalue weighted by atomic mass is 10.1. The SMILES string of the molecule is CC(=O)N/C1=C/C2=CC(CC=C1)OC(C1CC1)=N2. The first-order valence-corrected chi connectivity index (χ1v) is 6.33. The fourth-order valence-corrected chi connectivity index (χ4v) is 2.10. The minimum absolute atomic E-state index is 0.0675. The highest BCUT2D eigenvalue weighted by molar-refractivity contribution is 5.83. The number of nitrogens with zero attached hydrogens (tertiary/aromatic N) is 1. The second-order valence-corrected chi connectivity index (χ2v) is 4.89. The van der Waals surface area contributed by atoms with Gasteiger partial charge in [-0.1, -0.05) is 6.08 Å². The Morgan fingerprint density at radius 3 is 3.06 bits per heavy atom. The number of nitrogens with one attached hydrogen (secondary N) is 1. The van der Waals surface area contributed by atoms with Crippen LogP contribution in [0.2, 0.25) is 0 Å². The van der Waals surface area contributed by atoms with Crippen LogP contribution in [0.5, 0.6) is 0 Å². The highest BCUT2D eigenvalue weighted by Gasteiger charge is 2.32. The van der Waals surface area contributed by atoms with Crippen molar-refractivity contribution in [3.05, 3.63) is 35.7 Å².